The number of hydrogen-bond donors (Lipinski definition) is 1. The molecule has 3 rings (SSSR count). The molecular formula is C21H15ClF3NO4S. The van der Waals surface area contributed by atoms with Crippen LogP contribution >= 0.6 is 11.6 Å². The highest BCUT2D eigenvalue weighted by atomic mass is 35.5. The van der Waals surface area contributed by atoms with Crippen LogP contribution in [-0.2, 0) is 22.7 Å². The van der Waals surface area contributed by atoms with Gasteiger partial charge in [0, 0.05) is 0 Å². The normalized spacial score (nSPS) is 11.9. The Labute approximate surface area is 181 Å². The first kappa shape index (κ1) is 22.6. The van der Waals surface area contributed by atoms with E-state index < -0.39 is 38.2 Å². The minimum Gasteiger partial charge on any atom is -0.478 e. The zero-order valence-corrected chi connectivity index (χ0v) is 17.2. The molecule has 0 heterocycles. The lowest BCUT2D eigenvalue weighted by Crippen LogP contribution is -2.31. The summed E-state index contributed by atoms with van der Waals surface area (Å²) in [5.74, 6) is -1.43. The molecular weight excluding hydrogens is 455 g/mol. The van der Waals surface area contributed by atoms with Crippen LogP contribution in [0.1, 0.15) is 21.5 Å². The van der Waals surface area contributed by atoms with Crippen LogP contribution in [0.15, 0.2) is 77.7 Å². The van der Waals surface area contributed by atoms with Gasteiger partial charge in [0.05, 0.1) is 33.3 Å². The Balaban J connectivity index is 2.17. The van der Waals surface area contributed by atoms with Gasteiger partial charge in [-0.15, -0.1) is 0 Å². The minimum absolute atomic E-state index is 0.167. The second kappa shape index (κ2) is 8.60. The zero-order valence-electron chi connectivity index (χ0n) is 15.7. The van der Waals surface area contributed by atoms with Crippen LogP contribution in [0.2, 0.25) is 5.02 Å². The third-order valence-electron chi connectivity index (χ3n) is 4.39. The van der Waals surface area contributed by atoms with Crippen LogP contribution in [0.25, 0.3) is 0 Å². The number of hydrogen-bond acceptors (Lipinski definition) is 3. The van der Waals surface area contributed by atoms with Gasteiger partial charge in [0.15, 0.2) is 0 Å². The van der Waals surface area contributed by atoms with Gasteiger partial charge >= 0.3 is 12.1 Å². The summed E-state index contributed by atoms with van der Waals surface area (Å²) in [4.78, 5) is 11.0. The Morgan fingerprint density at radius 3 is 2.26 bits per heavy atom. The van der Waals surface area contributed by atoms with Gasteiger partial charge in [-0.05, 0) is 42.0 Å². The van der Waals surface area contributed by atoms with E-state index in [1.54, 1.807) is 30.3 Å². The van der Waals surface area contributed by atoms with Crippen LogP contribution < -0.4 is 4.31 Å². The number of carbonyl (C=O) groups is 1. The first-order chi connectivity index (χ1) is 14.5. The fourth-order valence-corrected chi connectivity index (χ4v) is 4.53. The molecule has 0 aliphatic heterocycles. The van der Waals surface area contributed by atoms with Crippen molar-refractivity contribution in [3.05, 3.63) is 94.5 Å². The molecule has 0 saturated carbocycles. The lowest BCUT2D eigenvalue weighted by Gasteiger charge is -2.25. The molecule has 5 nitrogen and oxygen atoms in total. The van der Waals surface area contributed by atoms with E-state index in [0.717, 1.165) is 40.7 Å². The topological polar surface area (TPSA) is 74.7 Å². The van der Waals surface area contributed by atoms with Crippen LogP contribution in [0, 0.1) is 0 Å². The Morgan fingerprint density at radius 1 is 0.968 bits per heavy atom. The first-order valence-corrected chi connectivity index (χ1v) is 10.6. The van der Waals surface area contributed by atoms with Crippen molar-refractivity contribution < 1.29 is 31.5 Å². The van der Waals surface area contributed by atoms with Gasteiger partial charge in [-0.2, -0.15) is 13.2 Å². The standard InChI is InChI=1S/C21H15ClF3NO4S/c22-19-10-9-17(12-18(19)20(27)28)31(29,30)26(13-14-5-2-1-3-6-14)16-8-4-7-15(11-16)21(23,24)25/h1-12H,13H2,(H,27,28). The number of alkyl halides is 3. The third-order valence-corrected chi connectivity index (χ3v) is 6.49. The summed E-state index contributed by atoms with van der Waals surface area (Å²) >= 11 is 5.82. The quantitative estimate of drug-likeness (QED) is 0.520. The van der Waals surface area contributed by atoms with Gasteiger partial charge in [-0.25, -0.2) is 13.2 Å². The molecule has 10 heteroatoms. The number of carboxylic acid groups (broad SMARTS) is 1. The van der Waals surface area contributed by atoms with E-state index in [0.29, 0.717) is 5.56 Å². The smallest absolute Gasteiger partial charge is 0.416 e. The Hall–Kier alpha value is -3.04. The second-order valence-electron chi connectivity index (χ2n) is 6.49. The first-order valence-electron chi connectivity index (χ1n) is 8.77. The van der Waals surface area contributed by atoms with E-state index >= 15 is 0 Å². The molecule has 3 aromatic rings. The predicted molar refractivity (Wildman–Crippen MR) is 110 cm³/mol. The number of carboxylic acids is 1. The molecule has 0 atom stereocenters. The van der Waals surface area contributed by atoms with E-state index in [-0.39, 0.29) is 17.3 Å². The summed E-state index contributed by atoms with van der Waals surface area (Å²) in [5.41, 5.74) is -1.14. The highest BCUT2D eigenvalue weighted by Crippen LogP contribution is 2.34. The van der Waals surface area contributed by atoms with E-state index in [2.05, 4.69) is 0 Å². The monoisotopic (exact) mass is 469 g/mol. The number of halogens is 4. The maximum Gasteiger partial charge on any atom is 0.416 e. The summed E-state index contributed by atoms with van der Waals surface area (Å²) in [6.07, 6.45) is -4.67. The third kappa shape index (κ3) is 5.00. The van der Waals surface area contributed by atoms with Gasteiger partial charge < -0.3 is 5.11 Å². The number of nitrogens with zero attached hydrogens (tertiary/aromatic N) is 1. The van der Waals surface area contributed by atoms with Crippen molar-refractivity contribution in [2.75, 3.05) is 4.31 Å². The van der Waals surface area contributed by atoms with Gasteiger partial charge in [-0.1, -0.05) is 48.0 Å². The Bertz CT molecular complexity index is 1210. The highest BCUT2D eigenvalue weighted by Gasteiger charge is 2.33. The molecule has 0 spiro atoms. The van der Waals surface area contributed by atoms with Crippen molar-refractivity contribution in [3.63, 3.8) is 0 Å². The lowest BCUT2D eigenvalue weighted by atomic mass is 10.2. The summed E-state index contributed by atoms with van der Waals surface area (Å²) in [7, 11) is -4.44. The van der Waals surface area contributed by atoms with E-state index in [4.69, 9.17) is 11.6 Å². The molecule has 0 fully saturated rings. The minimum atomic E-state index is -4.67. The van der Waals surface area contributed by atoms with E-state index in [9.17, 15) is 31.5 Å². The molecule has 1 N–H and O–H groups in total. The Kier molecular flexibility index (Phi) is 6.28. The Morgan fingerprint density at radius 2 is 1.65 bits per heavy atom. The second-order valence-corrected chi connectivity index (χ2v) is 8.76. The lowest BCUT2D eigenvalue weighted by molar-refractivity contribution is -0.137. The molecule has 0 aliphatic carbocycles. The fraction of sp³-hybridized carbons (Fsp3) is 0.0952. The predicted octanol–water partition coefficient (Wildman–Crippen LogP) is 5.45. The average molecular weight is 470 g/mol. The number of benzene rings is 3. The number of aromatic carboxylic acids is 1. The largest absolute Gasteiger partial charge is 0.478 e. The summed E-state index contributed by atoms with van der Waals surface area (Å²) in [6, 6.07) is 15.3. The SMILES string of the molecule is O=C(O)c1cc(S(=O)(=O)N(Cc2ccccc2)c2cccc(C(F)(F)F)c2)ccc1Cl. The van der Waals surface area contributed by atoms with Gasteiger partial charge in [0.1, 0.15) is 0 Å². The van der Waals surface area contributed by atoms with Crippen LogP contribution in [0.4, 0.5) is 18.9 Å². The molecule has 0 radical (unpaired) electrons. The van der Waals surface area contributed by atoms with Crippen molar-refractivity contribution in [3.8, 4) is 0 Å². The van der Waals surface area contributed by atoms with Crippen LogP contribution in [0.3, 0.4) is 0 Å². The van der Waals surface area contributed by atoms with Crippen molar-refractivity contribution in [1.29, 1.82) is 0 Å². The number of rotatable bonds is 6. The van der Waals surface area contributed by atoms with E-state index in [1.807, 2.05) is 0 Å². The molecule has 0 aromatic heterocycles. The van der Waals surface area contributed by atoms with Gasteiger partial charge in [-0.3, -0.25) is 4.31 Å². The molecule has 3 aromatic carbocycles. The molecule has 162 valence electrons. The fourth-order valence-electron chi connectivity index (χ4n) is 2.86. The summed E-state index contributed by atoms with van der Waals surface area (Å²) < 4.78 is 67.2. The average Bonchev–Trinajstić information content (AvgIpc) is 2.72. The van der Waals surface area contributed by atoms with E-state index in [1.165, 1.54) is 6.07 Å². The molecule has 0 amide bonds. The van der Waals surface area contributed by atoms with Crippen molar-refractivity contribution >= 4 is 33.3 Å². The maximum atomic E-state index is 13.4. The van der Waals surface area contributed by atoms with Crippen LogP contribution in [0.5, 0.6) is 0 Å². The summed E-state index contributed by atoms with van der Waals surface area (Å²) in [6.45, 7) is -0.268. The molecule has 0 aliphatic rings. The van der Waals surface area contributed by atoms with Crippen LogP contribution in [-0.4, -0.2) is 19.5 Å². The highest BCUT2D eigenvalue weighted by molar-refractivity contribution is 7.92. The summed E-state index contributed by atoms with van der Waals surface area (Å²) in [5, 5.41) is 9.09. The van der Waals surface area contributed by atoms with Gasteiger partial charge in [0.2, 0.25) is 0 Å². The molecule has 0 bridgehead atoms. The molecule has 0 saturated heterocycles. The van der Waals surface area contributed by atoms with Crippen molar-refractivity contribution in [2.24, 2.45) is 0 Å². The molecule has 0 unspecified atom stereocenters. The number of anilines is 1. The van der Waals surface area contributed by atoms with Gasteiger partial charge in [0.25, 0.3) is 10.0 Å². The number of sulfonamides is 1. The zero-order chi connectivity index (χ0) is 22.8. The molecule has 31 heavy (non-hydrogen) atoms. The van der Waals surface area contributed by atoms with Crippen molar-refractivity contribution in [2.45, 2.75) is 17.6 Å². The maximum absolute atomic E-state index is 13.4. The van der Waals surface area contributed by atoms with Crippen molar-refractivity contribution in [1.82, 2.24) is 0 Å².